The van der Waals surface area contributed by atoms with Crippen molar-refractivity contribution in [1.29, 1.82) is 0 Å². The minimum absolute atomic E-state index is 0.264. The highest BCUT2D eigenvalue weighted by Crippen LogP contribution is 2.40. The van der Waals surface area contributed by atoms with Crippen LogP contribution in [-0.4, -0.2) is 23.9 Å². The van der Waals surface area contributed by atoms with Crippen LogP contribution in [0.1, 0.15) is 36.0 Å². The van der Waals surface area contributed by atoms with Gasteiger partial charge in [-0.2, -0.15) is 0 Å². The lowest BCUT2D eigenvalue weighted by atomic mass is 9.67. The number of hydrogen-bond donors (Lipinski definition) is 1. The molecule has 3 nitrogen and oxygen atoms in total. The zero-order chi connectivity index (χ0) is 20.8. The molecule has 4 rings (SSSR count). The van der Waals surface area contributed by atoms with Gasteiger partial charge in [0, 0.05) is 13.1 Å². The maximum absolute atomic E-state index is 13.1. The van der Waals surface area contributed by atoms with Gasteiger partial charge in [0.1, 0.15) is 0 Å². The van der Waals surface area contributed by atoms with E-state index in [4.69, 9.17) is 5.73 Å². The van der Waals surface area contributed by atoms with Crippen LogP contribution in [0.5, 0.6) is 0 Å². The van der Waals surface area contributed by atoms with Gasteiger partial charge in [-0.05, 0) is 48.4 Å². The number of carbonyl (C=O) groups excluding carboxylic acids is 1. The molecule has 1 aliphatic rings. The largest absolute Gasteiger partial charge is 0.369 e. The van der Waals surface area contributed by atoms with Gasteiger partial charge in [0.2, 0.25) is 5.91 Å². The van der Waals surface area contributed by atoms with Gasteiger partial charge in [0.05, 0.1) is 5.41 Å². The maximum Gasteiger partial charge on any atom is 0.232 e. The van der Waals surface area contributed by atoms with E-state index >= 15 is 0 Å². The number of primary amides is 1. The summed E-state index contributed by atoms with van der Waals surface area (Å²) in [5.74, 6) is 0.149. The third-order valence-corrected chi connectivity index (χ3v) is 6.40. The zero-order valence-electron chi connectivity index (χ0n) is 17.4. The van der Waals surface area contributed by atoms with Crippen molar-refractivity contribution in [1.82, 2.24) is 4.90 Å². The molecule has 1 saturated heterocycles. The fourth-order valence-corrected chi connectivity index (χ4v) is 4.97. The minimum Gasteiger partial charge on any atom is -0.369 e. The first-order valence-corrected chi connectivity index (χ1v) is 10.9. The lowest BCUT2D eigenvalue weighted by Crippen LogP contribution is -2.46. The van der Waals surface area contributed by atoms with Crippen molar-refractivity contribution >= 4 is 5.91 Å². The Labute approximate surface area is 179 Å². The van der Waals surface area contributed by atoms with E-state index in [0.29, 0.717) is 5.92 Å². The smallest absolute Gasteiger partial charge is 0.232 e. The Balaban J connectivity index is 1.62. The maximum atomic E-state index is 13.1. The van der Waals surface area contributed by atoms with E-state index in [1.165, 1.54) is 5.56 Å². The highest BCUT2D eigenvalue weighted by atomic mass is 16.1. The van der Waals surface area contributed by atoms with Crippen LogP contribution >= 0.6 is 0 Å². The standard InChI is InChI=1S/C27H30N2O/c28-26(30)27(24-14-6-2-7-15-24,25-16-8-3-9-17-25)19-23-13-10-18-29(21-23)20-22-11-4-1-5-12-22/h1-9,11-12,14-17,23H,10,13,18-21H2,(H2,28,30). The Bertz CT molecular complexity index is 901. The number of likely N-dealkylation sites (tertiary alicyclic amines) is 1. The molecule has 1 atom stereocenters. The van der Waals surface area contributed by atoms with E-state index in [0.717, 1.165) is 50.0 Å². The normalized spacial score (nSPS) is 17.5. The average Bonchev–Trinajstić information content (AvgIpc) is 2.79. The predicted molar refractivity (Wildman–Crippen MR) is 122 cm³/mol. The molecule has 0 saturated carbocycles. The molecule has 0 radical (unpaired) electrons. The Morgan fingerprint density at radius 1 is 0.867 bits per heavy atom. The quantitative estimate of drug-likeness (QED) is 0.624. The molecule has 1 unspecified atom stereocenters. The molecular formula is C27H30N2O. The molecule has 0 aromatic heterocycles. The van der Waals surface area contributed by atoms with Crippen molar-refractivity contribution in [2.24, 2.45) is 11.7 Å². The summed E-state index contributed by atoms with van der Waals surface area (Å²) in [7, 11) is 0. The minimum atomic E-state index is -0.803. The summed E-state index contributed by atoms with van der Waals surface area (Å²) < 4.78 is 0. The van der Waals surface area contributed by atoms with Crippen molar-refractivity contribution in [2.75, 3.05) is 13.1 Å². The van der Waals surface area contributed by atoms with E-state index in [2.05, 4.69) is 35.2 Å². The summed E-state index contributed by atoms with van der Waals surface area (Å²) in [6, 6.07) is 30.8. The van der Waals surface area contributed by atoms with Gasteiger partial charge >= 0.3 is 0 Å². The number of carbonyl (C=O) groups is 1. The van der Waals surface area contributed by atoms with Crippen LogP contribution in [-0.2, 0) is 16.8 Å². The molecule has 1 aliphatic heterocycles. The van der Waals surface area contributed by atoms with E-state index in [1.807, 2.05) is 60.7 Å². The van der Waals surface area contributed by atoms with E-state index in [-0.39, 0.29) is 5.91 Å². The highest BCUT2D eigenvalue weighted by molar-refractivity contribution is 5.90. The highest BCUT2D eigenvalue weighted by Gasteiger charge is 2.42. The number of piperidine rings is 1. The molecule has 30 heavy (non-hydrogen) atoms. The summed E-state index contributed by atoms with van der Waals surface area (Å²) >= 11 is 0. The molecular weight excluding hydrogens is 368 g/mol. The monoisotopic (exact) mass is 398 g/mol. The average molecular weight is 399 g/mol. The molecule has 1 amide bonds. The molecule has 154 valence electrons. The van der Waals surface area contributed by atoms with Crippen LogP contribution in [0.15, 0.2) is 91.0 Å². The van der Waals surface area contributed by atoms with Gasteiger partial charge in [-0.15, -0.1) is 0 Å². The van der Waals surface area contributed by atoms with Crippen LogP contribution in [0.25, 0.3) is 0 Å². The molecule has 3 aromatic carbocycles. The number of amides is 1. The summed E-state index contributed by atoms with van der Waals surface area (Å²) in [6.45, 7) is 3.05. The van der Waals surface area contributed by atoms with E-state index in [1.54, 1.807) is 0 Å². The summed E-state index contributed by atoms with van der Waals surface area (Å²) in [6.07, 6.45) is 3.01. The molecule has 3 aromatic rings. The van der Waals surface area contributed by atoms with Gasteiger partial charge in [0.25, 0.3) is 0 Å². The SMILES string of the molecule is NC(=O)C(CC1CCCN(Cc2ccccc2)C1)(c1ccccc1)c1ccccc1. The van der Waals surface area contributed by atoms with Crippen molar-refractivity contribution in [2.45, 2.75) is 31.2 Å². The van der Waals surface area contributed by atoms with Crippen molar-refractivity contribution in [3.05, 3.63) is 108 Å². The fourth-order valence-electron chi connectivity index (χ4n) is 4.97. The second-order valence-corrected chi connectivity index (χ2v) is 8.43. The summed E-state index contributed by atoms with van der Waals surface area (Å²) in [5.41, 5.74) is 8.67. The molecule has 3 heteroatoms. The molecule has 1 fully saturated rings. The Morgan fingerprint density at radius 2 is 1.40 bits per heavy atom. The number of nitrogens with zero attached hydrogens (tertiary/aromatic N) is 1. The first kappa shape index (κ1) is 20.4. The van der Waals surface area contributed by atoms with E-state index in [9.17, 15) is 4.79 Å². The molecule has 0 aliphatic carbocycles. The Kier molecular flexibility index (Phi) is 6.29. The summed E-state index contributed by atoms with van der Waals surface area (Å²) in [5, 5.41) is 0. The van der Waals surface area contributed by atoms with Crippen molar-refractivity contribution in [3.63, 3.8) is 0 Å². The van der Waals surface area contributed by atoms with Crippen LogP contribution in [0.2, 0.25) is 0 Å². The van der Waals surface area contributed by atoms with Crippen LogP contribution < -0.4 is 5.73 Å². The number of rotatable bonds is 7. The van der Waals surface area contributed by atoms with Crippen LogP contribution in [0.4, 0.5) is 0 Å². The van der Waals surface area contributed by atoms with Gasteiger partial charge in [-0.3, -0.25) is 9.69 Å². The number of hydrogen-bond acceptors (Lipinski definition) is 2. The third-order valence-electron chi connectivity index (χ3n) is 6.40. The Morgan fingerprint density at radius 3 is 1.93 bits per heavy atom. The van der Waals surface area contributed by atoms with E-state index < -0.39 is 5.41 Å². The van der Waals surface area contributed by atoms with Gasteiger partial charge in [-0.25, -0.2) is 0 Å². The van der Waals surface area contributed by atoms with Crippen molar-refractivity contribution in [3.8, 4) is 0 Å². The Hall–Kier alpha value is -2.91. The molecule has 1 heterocycles. The van der Waals surface area contributed by atoms with Crippen LogP contribution in [0.3, 0.4) is 0 Å². The fraction of sp³-hybridized carbons (Fsp3) is 0.296. The van der Waals surface area contributed by atoms with Gasteiger partial charge in [0.15, 0.2) is 0 Å². The predicted octanol–water partition coefficient (Wildman–Crippen LogP) is 4.76. The second-order valence-electron chi connectivity index (χ2n) is 8.43. The molecule has 0 bridgehead atoms. The zero-order valence-corrected chi connectivity index (χ0v) is 17.4. The topological polar surface area (TPSA) is 46.3 Å². The second kappa shape index (κ2) is 9.27. The lowest BCUT2D eigenvalue weighted by molar-refractivity contribution is -0.123. The first-order chi connectivity index (χ1) is 14.7. The van der Waals surface area contributed by atoms with Gasteiger partial charge in [-0.1, -0.05) is 91.0 Å². The van der Waals surface area contributed by atoms with Crippen molar-refractivity contribution < 1.29 is 4.79 Å². The number of nitrogens with two attached hydrogens (primary N) is 1. The third kappa shape index (κ3) is 4.31. The van der Waals surface area contributed by atoms with Gasteiger partial charge < -0.3 is 5.73 Å². The van der Waals surface area contributed by atoms with Crippen LogP contribution in [0, 0.1) is 5.92 Å². The number of benzene rings is 3. The molecule has 2 N–H and O–H groups in total. The molecule has 0 spiro atoms. The first-order valence-electron chi connectivity index (χ1n) is 10.9. The summed E-state index contributed by atoms with van der Waals surface area (Å²) in [4.78, 5) is 15.6. The lowest BCUT2D eigenvalue weighted by Gasteiger charge is -2.39.